The van der Waals surface area contributed by atoms with Crippen LogP contribution in [0.4, 0.5) is 0 Å². The van der Waals surface area contributed by atoms with Crippen molar-refractivity contribution < 1.29 is 4.74 Å². The first-order valence-electron chi connectivity index (χ1n) is 10.3. The fourth-order valence-electron chi connectivity index (χ4n) is 3.62. The third-order valence-electron chi connectivity index (χ3n) is 5.48. The van der Waals surface area contributed by atoms with Crippen molar-refractivity contribution in [1.29, 1.82) is 0 Å². The molecule has 1 aliphatic heterocycles. The van der Waals surface area contributed by atoms with Crippen molar-refractivity contribution in [2.45, 2.75) is 38.0 Å². The summed E-state index contributed by atoms with van der Waals surface area (Å²) in [6.07, 6.45) is 4.82. The van der Waals surface area contributed by atoms with Crippen molar-refractivity contribution in [2.75, 3.05) is 52.5 Å². The van der Waals surface area contributed by atoms with E-state index in [0.717, 1.165) is 58.3 Å². The van der Waals surface area contributed by atoms with Crippen LogP contribution in [-0.2, 0) is 10.2 Å². The lowest BCUT2D eigenvalue weighted by atomic mass is 9.96. The van der Waals surface area contributed by atoms with Gasteiger partial charge in [-0.05, 0) is 50.8 Å². The quantitative estimate of drug-likeness (QED) is 0.207. The van der Waals surface area contributed by atoms with E-state index in [2.05, 4.69) is 62.7 Å². The Morgan fingerprint density at radius 3 is 2.61 bits per heavy atom. The summed E-state index contributed by atoms with van der Waals surface area (Å²) in [5.41, 5.74) is 1.62. The highest BCUT2D eigenvalue weighted by Gasteiger charge is 2.45. The number of hydrogen-bond donors (Lipinski definition) is 2. The Kier molecular flexibility index (Phi) is 10.5. The Balaban J connectivity index is 0.00000280. The van der Waals surface area contributed by atoms with E-state index in [-0.39, 0.29) is 29.4 Å². The summed E-state index contributed by atoms with van der Waals surface area (Å²) in [7, 11) is 0. The summed E-state index contributed by atoms with van der Waals surface area (Å²) in [4.78, 5) is 7.40. The van der Waals surface area contributed by atoms with Gasteiger partial charge in [0.15, 0.2) is 5.96 Å². The van der Waals surface area contributed by atoms with Crippen molar-refractivity contribution in [3.63, 3.8) is 0 Å². The van der Waals surface area contributed by atoms with Gasteiger partial charge in [-0.2, -0.15) is 0 Å². The molecule has 0 unspecified atom stereocenters. The smallest absolute Gasteiger partial charge is 0.191 e. The zero-order chi connectivity index (χ0) is 19.0. The molecule has 0 aromatic heterocycles. The Labute approximate surface area is 195 Å². The Morgan fingerprint density at radius 2 is 1.93 bits per heavy atom. The highest BCUT2D eigenvalue weighted by Crippen LogP contribution is 2.50. The highest BCUT2D eigenvalue weighted by atomic mass is 127. The molecule has 3 rings (SSSR count). The van der Waals surface area contributed by atoms with Crippen LogP contribution in [0.2, 0.25) is 0 Å². The number of halogens is 2. The van der Waals surface area contributed by atoms with Gasteiger partial charge in [-0.25, -0.2) is 0 Å². The van der Waals surface area contributed by atoms with E-state index in [0.29, 0.717) is 0 Å². The first kappa shape index (κ1) is 23.9. The maximum atomic E-state index is 5.40. The van der Waals surface area contributed by atoms with Crippen LogP contribution in [0.5, 0.6) is 0 Å². The van der Waals surface area contributed by atoms with E-state index in [4.69, 9.17) is 9.73 Å². The van der Waals surface area contributed by atoms with Crippen molar-refractivity contribution in [3.05, 3.63) is 34.3 Å². The van der Waals surface area contributed by atoms with E-state index >= 15 is 0 Å². The molecule has 7 heteroatoms. The van der Waals surface area contributed by atoms with E-state index in [1.54, 1.807) is 0 Å². The molecule has 28 heavy (non-hydrogen) atoms. The molecule has 1 saturated carbocycles. The Hall–Kier alpha value is -0.380. The number of guanidine groups is 1. The maximum absolute atomic E-state index is 5.40. The van der Waals surface area contributed by atoms with Crippen LogP contribution in [0.1, 0.15) is 38.2 Å². The molecule has 2 fully saturated rings. The number of nitrogens with one attached hydrogen (secondary N) is 2. The second-order valence-corrected chi connectivity index (χ2v) is 8.40. The SMILES string of the molecule is CCNC(=NCC1(c2ccccc2Br)CC1)NCCCCN1CCOCC1.I. The van der Waals surface area contributed by atoms with Gasteiger partial charge in [0.1, 0.15) is 0 Å². The van der Waals surface area contributed by atoms with E-state index in [9.17, 15) is 0 Å². The van der Waals surface area contributed by atoms with Crippen molar-refractivity contribution >= 4 is 45.9 Å². The second kappa shape index (κ2) is 12.3. The van der Waals surface area contributed by atoms with E-state index in [1.807, 2.05) is 0 Å². The largest absolute Gasteiger partial charge is 0.379 e. The van der Waals surface area contributed by atoms with Gasteiger partial charge in [-0.1, -0.05) is 34.1 Å². The van der Waals surface area contributed by atoms with Crippen LogP contribution in [0, 0.1) is 0 Å². The molecule has 2 N–H and O–H groups in total. The lowest BCUT2D eigenvalue weighted by molar-refractivity contribution is 0.0372. The number of aliphatic imine (C=N–C) groups is 1. The average Bonchev–Trinajstić information content (AvgIpc) is 3.48. The van der Waals surface area contributed by atoms with Crippen molar-refractivity contribution in [2.24, 2.45) is 4.99 Å². The van der Waals surface area contributed by atoms with Crippen LogP contribution < -0.4 is 10.6 Å². The molecule has 1 saturated heterocycles. The minimum Gasteiger partial charge on any atom is -0.379 e. The lowest BCUT2D eigenvalue weighted by Gasteiger charge is -2.26. The third-order valence-corrected chi connectivity index (χ3v) is 6.17. The molecule has 1 aromatic carbocycles. The molecule has 0 radical (unpaired) electrons. The molecule has 5 nitrogen and oxygen atoms in total. The standard InChI is InChI=1S/C21H33BrN4O.HI/c1-2-23-20(24-11-5-6-12-26-13-15-27-16-14-26)25-17-21(9-10-21)18-7-3-4-8-19(18)22;/h3-4,7-8H,2,5-6,9-17H2,1H3,(H2,23,24,25);1H. The van der Waals surface area contributed by atoms with Crippen molar-refractivity contribution in [1.82, 2.24) is 15.5 Å². The van der Waals surface area contributed by atoms with Crippen molar-refractivity contribution in [3.8, 4) is 0 Å². The Bertz CT molecular complexity index is 618. The molecule has 0 bridgehead atoms. The first-order valence-corrected chi connectivity index (χ1v) is 11.1. The van der Waals surface area contributed by atoms with E-state index in [1.165, 1.54) is 35.8 Å². The van der Waals surface area contributed by atoms with Crippen LogP contribution in [0.25, 0.3) is 0 Å². The molecule has 2 aliphatic rings. The van der Waals surface area contributed by atoms with Gasteiger partial charge >= 0.3 is 0 Å². The summed E-state index contributed by atoms with van der Waals surface area (Å²) in [6, 6.07) is 8.58. The molecule has 0 amide bonds. The topological polar surface area (TPSA) is 48.9 Å². The number of unbranched alkanes of at least 4 members (excludes halogenated alkanes) is 1. The molecule has 0 atom stereocenters. The molecular weight excluding hydrogens is 531 g/mol. The summed E-state index contributed by atoms with van der Waals surface area (Å²) >= 11 is 3.71. The number of rotatable bonds is 9. The molecule has 1 aliphatic carbocycles. The number of benzene rings is 1. The predicted molar refractivity (Wildman–Crippen MR) is 131 cm³/mol. The molecular formula is C21H34BrIN4O. The summed E-state index contributed by atoms with van der Waals surface area (Å²) in [5, 5.41) is 6.90. The lowest BCUT2D eigenvalue weighted by Crippen LogP contribution is -2.39. The minimum atomic E-state index is 0. The predicted octanol–water partition coefficient (Wildman–Crippen LogP) is 3.77. The van der Waals surface area contributed by atoms with Gasteiger partial charge in [0, 0.05) is 36.1 Å². The third kappa shape index (κ3) is 7.15. The highest BCUT2D eigenvalue weighted by molar-refractivity contribution is 14.0. The van der Waals surface area contributed by atoms with Crippen LogP contribution in [-0.4, -0.2) is 63.3 Å². The number of nitrogens with zero attached hydrogens (tertiary/aromatic N) is 2. The van der Waals surface area contributed by atoms with Gasteiger partial charge in [-0.15, -0.1) is 24.0 Å². The number of hydrogen-bond acceptors (Lipinski definition) is 3. The van der Waals surface area contributed by atoms with Gasteiger partial charge in [-0.3, -0.25) is 9.89 Å². The summed E-state index contributed by atoms with van der Waals surface area (Å²) in [6.45, 7) is 9.92. The van der Waals surface area contributed by atoms with Gasteiger partial charge in [0.2, 0.25) is 0 Å². The molecule has 1 heterocycles. The first-order chi connectivity index (χ1) is 13.2. The van der Waals surface area contributed by atoms with Gasteiger partial charge < -0.3 is 15.4 Å². The summed E-state index contributed by atoms with van der Waals surface area (Å²) in [5.74, 6) is 0.946. The number of morpholine rings is 1. The van der Waals surface area contributed by atoms with Crippen LogP contribution in [0.3, 0.4) is 0 Å². The molecule has 1 aromatic rings. The molecule has 158 valence electrons. The second-order valence-electron chi connectivity index (χ2n) is 7.54. The van der Waals surface area contributed by atoms with Gasteiger partial charge in [0.25, 0.3) is 0 Å². The van der Waals surface area contributed by atoms with E-state index < -0.39 is 0 Å². The number of ether oxygens (including phenoxy) is 1. The minimum absolute atomic E-state index is 0. The molecule has 0 spiro atoms. The zero-order valence-corrected chi connectivity index (χ0v) is 20.8. The fraction of sp³-hybridized carbons (Fsp3) is 0.667. The average molecular weight is 565 g/mol. The van der Waals surface area contributed by atoms with Gasteiger partial charge in [0.05, 0.1) is 19.8 Å². The maximum Gasteiger partial charge on any atom is 0.191 e. The fourth-order valence-corrected chi connectivity index (χ4v) is 4.32. The Morgan fingerprint density at radius 1 is 1.18 bits per heavy atom. The van der Waals surface area contributed by atoms with Crippen LogP contribution in [0.15, 0.2) is 33.7 Å². The summed E-state index contributed by atoms with van der Waals surface area (Å²) < 4.78 is 6.61. The normalized spacial score (nSPS) is 19.0. The van der Waals surface area contributed by atoms with Crippen LogP contribution >= 0.6 is 39.9 Å². The monoisotopic (exact) mass is 564 g/mol. The zero-order valence-electron chi connectivity index (χ0n) is 16.9.